The predicted octanol–water partition coefficient (Wildman–Crippen LogP) is 2.74. The predicted molar refractivity (Wildman–Crippen MR) is 103 cm³/mol. The molecule has 0 unspecified atom stereocenters. The minimum absolute atomic E-state index is 0. The van der Waals surface area contributed by atoms with Gasteiger partial charge in [0.25, 0.3) is 0 Å². The highest BCUT2D eigenvalue weighted by molar-refractivity contribution is 6.30. The maximum absolute atomic E-state index is 12.6. The lowest BCUT2D eigenvalue weighted by molar-refractivity contribution is -0.140. The summed E-state index contributed by atoms with van der Waals surface area (Å²) < 4.78 is 0. The number of carbonyl (C=O) groups excluding carboxylic acids is 2. The Morgan fingerprint density at radius 3 is 2.80 bits per heavy atom. The number of nitrogens with two attached hydrogens (primary N) is 1. The molecule has 1 aliphatic rings. The minimum Gasteiger partial charge on any atom is -0.350 e. The highest BCUT2D eigenvalue weighted by Gasteiger charge is 2.37. The lowest BCUT2D eigenvalue weighted by Gasteiger charge is -2.28. The van der Waals surface area contributed by atoms with Gasteiger partial charge < -0.3 is 16.0 Å². The molecule has 3 N–H and O–H groups in total. The first-order chi connectivity index (χ1) is 11.4. The van der Waals surface area contributed by atoms with Crippen molar-refractivity contribution in [3.8, 4) is 0 Å². The average Bonchev–Trinajstić information content (AvgIpc) is 3.07. The molecule has 1 heterocycles. The van der Waals surface area contributed by atoms with E-state index in [1.165, 1.54) is 0 Å². The first-order valence-electron chi connectivity index (χ1n) is 8.52. The summed E-state index contributed by atoms with van der Waals surface area (Å²) in [4.78, 5) is 26.7. The molecule has 0 saturated carbocycles. The number of benzene rings is 1. The van der Waals surface area contributed by atoms with Gasteiger partial charge >= 0.3 is 0 Å². The number of carbonyl (C=O) groups is 2. The van der Waals surface area contributed by atoms with Crippen LogP contribution in [0.3, 0.4) is 0 Å². The quantitative estimate of drug-likeness (QED) is 0.787. The Bertz CT molecular complexity index is 597. The lowest BCUT2D eigenvalue weighted by Crippen LogP contribution is -2.52. The second kappa shape index (κ2) is 10.00. The molecule has 0 spiro atoms. The fourth-order valence-corrected chi connectivity index (χ4v) is 3.16. The van der Waals surface area contributed by atoms with Crippen LogP contribution in [-0.4, -0.2) is 35.3 Å². The van der Waals surface area contributed by atoms with Crippen molar-refractivity contribution < 1.29 is 9.59 Å². The van der Waals surface area contributed by atoms with Crippen LogP contribution in [0.2, 0.25) is 5.02 Å². The van der Waals surface area contributed by atoms with Gasteiger partial charge in [0.1, 0.15) is 6.04 Å². The van der Waals surface area contributed by atoms with Crippen molar-refractivity contribution in [3.63, 3.8) is 0 Å². The standard InChI is InChI=1S/C18H26ClN3O2.ClH/c1-3-12(2)16(20)18(24)22-9-5-8-15(22)17(23)21-11-13-6-4-7-14(19)10-13;/h4,6-7,10,12,15-16H,3,5,8-9,11,20H2,1-2H3,(H,21,23);1H/t12-,15+,16-;/m1./s1. The molecule has 0 bridgehead atoms. The van der Waals surface area contributed by atoms with E-state index in [0.29, 0.717) is 24.5 Å². The van der Waals surface area contributed by atoms with Gasteiger partial charge in [-0.2, -0.15) is 0 Å². The fraction of sp³-hybridized carbons (Fsp3) is 0.556. The summed E-state index contributed by atoms with van der Waals surface area (Å²) in [5.74, 6) is -0.143. The molecule has 140 valence electrons. The second-order valence-electron chi connectivity index (χ2n) is 6.45. The van der Waals surface area contributed by atoms with E-state index in [-0.39, 0.29) is 30.1 Å². The summed E-state index contributed by atoms with van der Waals surface area (Å²) in [6.45, 7) is 4.97. The zero-order valence-electron chi connectivity index (χ0n) is 14.7. The monoisotopic (exact) mass is 387 g/mol. The maximum Gasteiger partial charge on any atom is 0.243 e. The van der Waals surface area contributed by atoms with Gasteiger partial charge in [0.15, 0.2) is 0 Å². The number of amides is 2. The Kier molecular flexibility index (Phi) is 8.69. The number of hydrogen-bond donors (Lipinski definition) is 2. The second-order valence-corrected chi connectivity index (χ2v) is 6.89. The SMILES string of the molecule is CC[C@@H](C)[C@@H](N)C(=O)N1CCC[C@H]1C(=O)NCc1cccc(Cl)c1.Cl. The van der Waals surface area contributed by atoms with Crippen LogP contribution in [-0.2, 0) is 16.1 Å². The number of halogens is 2. The van der Waals surface area contributed by atoms with Crippen LogP contribution in [0.4, 0.5) is 0 Å². The van der Waals surface area contributed by atoms with Crippen molar-refractivity contribution in [3.05, 3.63) is 34.9 Å². The Morgan fingerprint density at radius 1 is 1.44 bits per heavy atom. The van der Waals surface area contributed by atoms with Gasteiger partial charge in [0.2, 0.25) is 11.8 Å². The first-order valence-corrected chi connectivity index (χ1v) is 8.90. The van der Waals surface area contributed by atoms with Gasteiger partial charge in [-0.3, -0.25) is 9.59 Å². The van der Waals surface area contributed by atoms with Crippen LogP contribution in [0.15, 0.2) is 24.3 Å². The summed E-state index contributed by atoms with van der Waals surface area (Å²) in [6.07, 6.45) is 2.35. The molecule has 3 atom stereocenters. The van der Waals surface area contributed by atoms with Crippen molar-refractivity contribution in [1.82, 2.24) is 10.2 Å². The normalized spacial score (nSPS) is 19.0. The molecule has 1 aromatic carbocycles. The Hall–Kier alpha value is -1.30. The molecule has 1 saturated heterocycles. The largest absolute Gasteiger partial charge is 0.350 e. The molecule has 0 aliphatic carbocycles. The van der Waals surface area contributed by atoms with E-state index in [9.17, 15) is 9.59 Å². The van der Waals surface area contributed by atoms with Crippen LogP contribution >= 0.6 is 24.0 Å². The molecule has 2 amide bonds. The zero-order valence-corrected chi connectivity index (χ0v) is 16.3. The molecule has 1 fully saturated rings. The number of hydrogen-bond acceptors (Lipinski definition) is 3. The smallest absolute Gasteiger partial charge is 0.243 e. The molecule has 0 radical (unpaired) electrons. The Morgan fingerprint density at radius 2 is 2.16 bits per heavy atom. The Labute approximate surface area is 160 Å². The molecular formula is C18H27Cl2N3O2. The summed E-state index contributed by atoms with van der Waals surface area (Å²) in [5, 5.41) is 3.54. The average molecular weight is 388 g/mol. The summed E-state index contributed by atoms with van der Waals surface area (Å²) in [6, 6.07) is 6.39. The van der Waals surface area contributed by atoms with Crippen LogP contribution in [0, 0.1) is 5.92 Å². The Balaban J connectivity index is 0.00000312. The molecular weight excluding hydrogens is 361 g/mol. The third kappa shape index (κ3) is 5.59. The molecule has 25 heavy (non-hydrogen) atoms. The van der Waals surface area contributed by atoms with Crippen molar-refractivity contribution >= 4 is 35.8 Å². The van der Waals surface area contributed by atoms with Crippen molar-refractivity contribution in [2.75, 3.05) is 6.54 Å². The highest BCUT2D eigenvalue weighted by Crippen LogP contribution is 2.20. The zero-order chi connectivity index (χ0) is 17.7. The molecule has 1 aromatic rings. The van der Waals surface area contributed by atoms with Gasteiger partial charge in [-0.05, 0) is 36.5 Å². The summed E-state index contributed by atoms with van der Waals surface area (Å²) >= 11 is 5.95. The third-order valence-electron chi connectivity index (χ3n) is 4.74. The van der Waals surface area contributed by atoms with Crippen LogP contribution in [0.25, 0.3) is 0 Å². The van der Waals surface area contributed by atoms with Crippen LogP contribution < -0.4 is 11.1 Å². The van der Waals surface area contributed by atoms with Gasteiger partial charge in [0.05, 0.1) is 6.04 Å². The minimum atomic E-state index is -0.545. The number of rotatable bonds is 6. The van der Waals surface area contributed by atoms with Gasteiger partial charge in [-0.25, -0.2) is 0 Å². The van der Waals surface area contributed by atoms with E-state index in [4.69, 9.17) is 17.3 Å². The van der Waals surface area contributed by atoms with E-state index in [2.05, 4.69) is 5.32 Å². The van der Waals surface area contributed by atoms with E-state index >= 15 is 0 Å². The fourth-order valence-electron chi connectivity index (χ4n) is 2.95. The molecule has 5 nitrogen and oxygen atoms in total. The van der Waals surface area contributed by atoms with Gasteiger partial charge in [-0.1, -0.05) is 44.0 Å². The van der Waals surface area contributed by atoms with E-state index in [1.54, 1.807) is 11.0 Å². The molecule has 2 rings (SSSR count). The lowest BCUT2D eigenvalue weighted by atomic mass is 9.98. The van der Waals surface area contributed by atoms with Crippen LogP contribution in [0.1, 0.15) is 38.7 Å². The summed E-state index contributed by atoms with van der Waals surface area (Å²) in [7, 11) is 0. The summed E-state index contributed by atoms with van der Waals surface area (Å²) in [5.41, 5.74) is 6.99. The molecule has 1 aliphatic heterocycles. The van der Waals surface area contributed by atoms with Crippen molar-refractivity contribution in [1.29, 1.82) is 0 Å². The molecule has 0 aromatic heterocycles. The maximum atomic E-state index is 12.6. The first kappa shape index (κ1) is 21.7. The van der Waals surface area contributed by atoms with Crippen molar-refractivity contribution in [2.45, 2.75) is 51.7 Å². The molecule has 7 heteroatoms. The van der Waals surface area contributed by atoms with Crippen LogP contribution in [0.5, 0.6) is 0 Å². The third-order valence-corrected chi connectivity index (χ3v) is 4.97. The van der Waals surface area contributed by atoms with Gasteiger partial charge in [0, 0.05) is 18.1 Å². The highest BCUT2D eigenvalue weighted by atomic mass is 35.5. The topological polar surface area (TPSA) is 75.4 Å². The number of likely N-dealkylation sites (tertiary alicyclic amines) is 1. The van der Waals surface area contributed by atoms with E-state index < -0.39 is 12.1 Å². The number of nitrogens with zero attached hydrogens (tertiary/aromatic N) is 1. The van der Waals surface area contributed by atoms with E-state index in [1.807, 2.05) is 32.0 Å². The number of nitrogens with one attached hydrogen (secondary N) is 1. The van der Waals surface area contributed by atoms with Gasteiger partial charge in [-0.15, -0.1) is 12.4 Å². The van der Waals surface area contributed by atoms with E-state index in [0.717, 1.165) is 18.4 Å². The van der Waals surface area contributed by atoms with Crippen molar-refractivity contribution in [2.24, 2.45) is 11.7 Å².